The predicted octanol–water partition coefficient (Wildman–Crippen LogP) is 2.65. The number of aromatic amines is 1. The van der Waals surface area contributed by atoms with E-state index in [2.05, 4.69) is 25.5 Å². The number of amides is 2. The van der Waals surface area contributed by atoms with Gasteiger partial charge in [-0.25, -0.2) is 14.8 Å². The number of aryl methyl sites for hydroxylation is 1. The van der Waals surface area contributed by atoms with Gasteiger partial charge in [-0.05, 0) is 19.3 Å². The minimum atomic E-state index is 0.0200. The van der Waals surface area contributed by atoms with Crippen molar-refractivity contribution in [3.8, 4) is 11.4 Å². The summed E-state index contributed by atoms with van der Waals surface area (Å²) in [6.07, 6.45) is 8.16. The number of piperidine rings is 1. The third kappa shape index (κ3) is 4.39. The number of nitrogens with one attached hydrogen (secondary N) is 2. The standard InChI is InChI=1S/C20H25N7O/c28-20(22-9-4-11-26-14-10-21-15-26)27-12-7-17(8-13-27)19-23-18(24-25-19)16-5-2-1-3-6-16/h1-3,5-6,10,14-15,17H,4,7-9,11-13H2,(H,22,28)(H,23,24,25). The van der Waals surface area contributed by atoms with Crippen LogP contribution in [0, 0.1) is 0 Å². The number of H-pyrrole nitrogens is 1. The lowest BCUT2D eigenvalue weighted by molar-refractivity contribution is 0.180. The van der Waals surface area contributed by atoms with Crippen LogP contribution in [0.5, 0.6) is 0 Å². The number of hydrogen-bond donors (Lipinski definition) is 2. The van der Waals surface area contributed by atoms with Gasteiger partial charge in [0.1, 0.15) is 5.82 Å². The van der Waals surface area contributed by atoms with E-state index in [0.717, 1.165) is 56.1 Å². The number of imidazole rings is 1. The molecule has 146 valence electrons. The van der Waals surface area contributed by atoms with Gasteiger partial charge in [0.15, 0.2) is 5.82 Å². The molecule has 28 heavy (non-hydrogen) atoms. The van der Waals surface area contributed by atoms with E-state index < -0.39 is 0 Å². The van der Waals surface area contributed by atoms with Gasteiger partial charge in [0, 0.05) is 50.1 Å². The summed E-state index contributed by atoms with van der Waals surface area (Å²) in [5, 5.41) is 10.4. The second-order valence-corrected chi connectivity index (χ2v) is 7.06. The Labute approximate surface area is 164 Å². The molecule has 8 heteroatoms. The Hall–Kier alpha value is -3.16. The van der Waals surface area contributed by atoms with Crippen LogP contribution in [0.25, 0.3) is 11.4 Å². The van der Waals surface area contributed by atoms with E-state index in [-0.39, 0.29) is 6.03 Å². The number of benzene rings is 1. The van der Waals surface area contributed by atoms with Gasteiger partial charge in [0.05, 0.1) is 6.33 Å². The molecule has 2 N–H and O–H groups in total. The number of aromatic nitrogens is 5. The summed E-state index contributed by atoms with van der Waals surface area (Å²) in [5.41, 5.74) is 1.01. The van der Waals surface area contributed by atoms with Crippen molar-refractivity contribution in [2.45, 2.75) is 31.7 Å². The molecule has 1 aromatic carbocycles. The van der Waals surface area contributed by atoms with Crippen LogP contribution in [-0.4, -0.2) is 55.3 Å². The Morgan fingerprint density at radius 2 is 2.04 bits per heavy atom. The highest BCUT2D eigenvalue weighted by Gasteiger charge is 2.26. The first kappa shape index (κ1) is 18.2. The molecule has 0 radical (unpaired) electrons. The summed E-state index contributed by atoms with van der Waals surface area (Å²) >= 11 is 0. The fourth-order valence-electron chi connectivity index (χ4n) is 3.52. The van der Waals surface area contributed by atoms with Gasteiger partial charge in [-0.2, -0.15) is 5.10 Å². The van der Waals surface area contributed by atoms with E-state index in [4.69, 9.17) is 0 Å². The number of carbonyl (C=O) groups excluding carboxylic acids is 1. The van der Waals surface area contributed by atoms with Gasteiger partial charge in [0.2, 0.25) is 0 Å². The van der Waals surface area contributed by atoms with Crippen LogP contribution in [0.2, 0.25) is 0 Å². The van der Waals surface area contributed by atoms with Crippen molar-refractivity contribution < 1.29 is 4.79 Å². The molecule has 0 bridgehead atoms. The second kappa shape index (κ2) is 8.69. The molecule has 2 aromatic heterocycles. The maximum atomic E-state index is 12.4. The fraction of sp³-hybridized carbons (Fsp3) is 0.400. The monoisotopic (exact) mass is 379 g/mol. The molecule has 0 aliphatic carbocycles. The first-order valence-corrected chi connectivity index (χ1v) is 9.76. The molecule has 1 saturated heterocycles. The number of carbonyl (C=O) groups is 1. The Morgan fingerprint density at radius 3 is 2.79 bits per heavy atom. The third-order valence-electron chi connectivity index (χ3n) is 5.13. The molecule has 0 spiro atoms. The smallest absolute Gasteiger partial charge is 0.317 e. The van der Waals surface area contributed by atoms with Crippen LogP contribution in [0.4, 0.5) is 4.79 Å². The lowest BCUT2D eigenvalue weighted by Gasteiger charge is -2.31. The van der Waals surface area contributed by atoms with Crippen LogP contribution < -0.4 is 5.32 Å². The van der Waals surface area contributed by atoms with Crippen LogP contribution in [0.15, 0.2) is 49.1 Å². The normalized spacial score (nSPS) is 14.9. The quantitative estimate of drug-likeness (QED) is 0.644. The third-order valence-corrected chi connectivity index (χ3v) is 5.13. The molecule has 4 rings (SSSR count). The molecular formula is C20H25N7O. The lowest BCUT2D eigenvalue weighted by Crippen LogP contribution is -2.44. The van der Waals surface area contributed by atoms with Crippen molar-refractivity contribution in [1.29, 1.82) is 0 Å². The largest absolute Gasteiger partial charge is 0.338 e. The first-order valence-electron chi connectivity index (χ1n) is 9.76. The van der Waals surface area contributed by atoms with E-state index in [1.165, 1.54) is 0 Å². The predicted molar refractivity (Wildman–Crippen MR) is 106 cm³/mol. The highest BCUT2D eigenvalue weighted by atomic mass is 16.2. The minimum absolute atomic E-state index is 0.0200. The highest BCUT2D eigenvalue weighted by Crippen LogP contribution is 2.27. The topological polar surface area (TPSA) is 91.7 Å². The zero-order chi connectivity index (χ0) is 19.2. The number of nitrogens with zero attached hydrogens (tertiary/aromatic N) is 5. The molecule has 0 unspecified atom stereocenters. The van der Waals surface area contributed by atoms with E-state index in [9.17, 15) is 4.79 Å². The number of rotatable bonds is 6. The van der Waals surface area contributed by atoms with Gasteiger partial charge in [0.25, 0.3) is 0 Å². The van der Waals surface area contributed by atoms with Crippen LogP contribution in [-0.2, 0) is 6.54 Å². The molecule has 1 aliphatic rings. The average Bonchev–Trinajstić information content (AvgIpc) is 3.44. The number of hydrogen-bond acceptors (Lipinski definition) is 4. The zero-order valence-electron chi connectivity index (χ0n) is 15.8. The average molecular weight is 379 g/mol. The lowest BCUT2D eigenvalue weighted by atomic mass is 9.96. The molecule has 1 aliphatic heterocycles. The number of likely N-dealkylation sites (tertiary alicyclic amines) is 1. The van der Waals surface area contributed by atoms with Crippen molar-refractivity contribution in [2.75, 3.05) is 19.6 Å². The molecular weight excluding hydrogens is 354 g/mol. The van der Waals surface area contributed by atoms with Crippen LogP contribution >= 0.6 is 0 Å². The van der Waals surface area contributed by atoms with E-state index in [0.29, 0.717) is 12.5 Å². The summed E-state index contributed by atoms with van der Waals surface area (Å²) < 4.78 is 2.01. The fourth-order valence-corrected chi connectivity index (χ4v) is 3.52. The van der Waals surface area contributed by atoms with Gasteiger partial charge < -0.3 is 14.8 Å². The van der Waals surface area contributed by atoms with E-state index >= 15 is 0 Å². The highest BCUT2D eigenvalue weighted by molar-refractivity contribution is 5.74. The maximum absolute atomic E-state index is 12.4. The first-order chi connectivity index (χ1) is 13.8. The van der Waals surface area contributed by atoms with Crippen molar-refractivity contribution in [3.63, 3.8) is 0 Å². The van der Waals surface area contributed by atoms with Crippen LogP contribution in [0.1, 0.15) is 31.0 Å². The molecule has 8 nitrogen and oxygen atoms in total. The van der Waals surface area contributed by atoms with E-state index in [1.54, 1.807) is 12.5 Å². The number of urea groups is 1. The molecule has 3 aromatic rings. The van der Waals surface area contributed by atoms with Gasteiger partial charge in [-0.15, -0.1) is 0 Å². The van der Waals surface area contributed by atoms with Crippen molar-refractivity contribution in [2.24, 2.45) is 0 Å². The van der Waals surface area contributed by atoms with Gasteiger partial charge in [-0.1, -0.05) is 30.3 Å². The van der Waals surface area contributed by atoms with Crippen molar-refractivity contribution in [3.05, 3.63) is 54.9 Å². The second-order valence-electron chi connectivity index (χ2n) is 7.06. The maximum Gasteiger partial charge on any atom is 0.317 e. The van der Waals surface area contributed by atoms with Crippen LogP contribution in [0.3, 0.4) is 0 Å². The Morgan fingerprint density at radius 1 is 1.21 bits per heavy atom. The summed E-state index contributed by atoms with van der Waals surface area (Å²) in [4.78, 5) is 22.9. The van der Waals surface area contributed by atoms with Gasteiger partial charge in [-0.3, -0.25) is 5.10 Å². The Balaban J connectivity index is 1.22. The molecule has 0 atom stereocenters. The molecule has 2 amide bonds. The molecule has 3 heterocycles. The summed E-state index contributed by atoms with van der Waals surface area (Å²) in [5.74, 6) is 1.96. The summed E-state index contributed by atoms with van der Waals surface area (Å²) in [6.45, 7) is 3.00. The van der Waals surface area contributed by atoms with Crippen molar-refractivity contribution in [1.82, 2.24) is 34.9 Å². The zero-order valence-corrected chi connectivity index (χ0v) is 15.8. The molecule has 1 fully saturated rings. The Bertz CT molecular complexity index is 867. The molecule has 0 saturated carbocycles. The summed E-state index contributed by atoms with van der Waals surface area (Å²) in [6, 6.07) is 9.98. The van der Waals surface area contributed by atoms with Gasteiger partial charge >= 0.3 is 6.03 Å². The Kier molecular flexibility index (Phi) is 5.65. The summed E-state index contributed by atoms with van der Waals surface area (Å²) in [7, 11) is 0. The minimum Gasteiger partial charge on any atom is -0.338 e. The van der Waals surface area contributed by atoms with E-state index in [1.807, 2.05) is 46.0 Å². The van der Waals surface area contributed by atoms with Crippen molar-refractivity contribution >= 4 is 6.03 Å². The SMILES string of the molecule is O=C(NCCCn1ccnc1)N1CCC(c2nc(-c3ccccc3)n[nH]2)CC1.